The monoisotopic (exact) mass is 241 g/mol. The molecule has 1 heterocycles. The molecule has 0 saturated heterocycles. The molecule has 2 heteroatoms. The van der Waals surface area contributed by atoms with Crippen molar-refractivity contribution in [3.8, 4) is 0 Å². The van der Waals surface area contributed by atoms with E-state index in [1.165, 1.54) is 11.1 Å². The molecule has 18 heavy (non-hydrogen) atoms. The van der Waals surface area contributed by atoms with Gasteiger partial charge in [-0.15, -0.1) is 0 Å². The number of aryl methyl sites for hydroxylation is 1. The molecule has 0 aliphatic carbocycles. The fourth-order valence-electron chi connectivity index (χ4n) is 2.44. The van der Waals surface area contributed by atoms with Crippen molar-refractivity contribution in [2.75, 3.05) is 6.61 Å². The maximum atomic E-state index is 9.80. The van der Waals surface area contributed by atoms with E-state index in [1.54, 1.807) is 6.20 Å². The van der Waals surface area contributed by atoms with Crippen molar-refractivity contribution in [1.29, 1.82) is 0 Å². The first-order valence-electron chi connectivity index (χ1n) is 6.21. The first-order valence-corrected chi connectivity index (χ1v) is 6.21. The average molecular weight is 241 g/mol. The zero-order valence-corrected chi connectivity index (χ0v) is 10.9. The Morgan fingerprint density at radius 1 is 1.17 bits per heavy atom. The summed E-state index contributed by atoms with van der Waals surface area (Å²) in [5.41, 5.74) is 3.32. The third-order valence-corrected chi connectivity index (χ3v) is 3.46. The Kier molecular flexibility index (Phi) is 3.78. The number of pyridine rings is 1. The highest BCUT2D eigenvalue weighted by Crippen LogP contribution is 2.29. The van der Waals surface area contributed by atoms with E-state index < -0.39 is 0 Å². The van der Waals surface area contributed by atoms with Crippen molar-refractivity contribution in [3.63, 3.8) is 0 Å². The van der Waals surface area contributed by atoms with E-state index in [0.717, 1.165) is 12.0 Å². The molecule has 2 nitrogen and oxygen atoms in total. The molecule has 2 aromatic rings. The predicted molar refractivity (Wildman–Crippen MR) is 73.6 cm³/mol. The molecule has 1 aromatic heterocycles. The molecular formula is C16H19NO. The number of hydrogen-bond donors (Lipinski definition) is 1. The first-order chi connectivity index (χ1) is 8.65. The smallest absolute Gasteiger partial charge is 0.0528 e. The van der Waals surface area contributed by atoms with Gasteiger partial charge in [-0.1, -0.05) is 37.3 Å². The lowest BCUT2D eigenvalue weighted by atomic mass is 9.76. The Hall–Kier alpha value is -1.67. The standard InChI is InChI=1S/C16H19NO/c1-13-6-3-4-8-15(13)16(2,12-18)10-14-7-5-9-17-11-14/h3-9,11,18H,10,12H2,1-2H3. The van der Waals surface area contributed by atoms with Crippen molar-refractivity contribution in [2.24, 2.45) is 0 Å². The van der Waals surface area contributed by atoms with Crippen LogP contribution in [0.3, 0.4) is 0 Å². The van der Waals surface area contributed by atoms with Gasteiger partial charge in [0.05, 0.1) is 6.61 Å². The highest BCUT2D eigenvalue weighted by Gasteiger charge is 2.27. The van der Waals surface area contributed by atoms with Gasteiger partial charge >= 0.3 is 0 Å². The normalized spacial score (nSPS) is 14.2. The quantitative estimate of drug-likeness (QED) is 0.893. The van der Waals surface area contributed by atoms with Crippen LogP contribution in [0.15, 0.2) is 48.8 Å². The SMILES string of the molecule is Cc1ccccc1C(C)(CO)Cc1cccnc1. The first kappa shape index (κ1) is 12.8. The van der Waals surface area contributed by atoms with E-state index in [1.807, 2.05) is 24.4 Å². The molecule has 1 unspecified atom stereocenters. The highest BCUT2D eigenvalue weighted by molar-refractivity contribution is 5.34. The summed E-state index contributed by atoms with van der Waals surface area (Å²) in [6, 6.07) is 12.2. The number of benzene rings is 1. The van der Waals surface area contributed by atoms with Gasteiger partial charge in [0.1, 0.15) is 0 Å². The summed E-state index contributed by atoms with van der Waals surface area (Å²) in [6.07, 6.45) is 4.43. The lowest BCUT2D eigenvalue weighted by Crippen LogP contribution is -2.30. The van der Waals surface area contributed by atoms with Crippen LogP contribution in [0.5, 0.6) is 0 Å². The Morgan fingerprint density at radius 2 is 1.94 bits per heavy atom. The second-order valence-corrected chi connectivity index (χ2v) is 5.07. The minimum Gasteiger partial charge on any atom is -0.395 e. The predicted octanol–water partition coefficient (Wildman–Crippen LogP) is 2.88. The Balaban J connectivity index is 2.34. The van der Waals surface area contributed by atoms with Crippen LogP contribution in [-0.4, -0.2) is 16.7 Å². The lowest BCUT2D eigenvalue weighted by molar-refractivity contribution is 0.204. The minimum absolute atomic E-state index is 0.132. The van der Waals surface area contributed by atoms with Crippen LogP contribution in [0.4, 0.5) is 0 Å². The van der Waals surface area contributed by atoms with Gasteiger partial charge in [0.25, 0.3) is 0 Å². The van der Waals surface area contributed by atoms with Crippen LogP contribution in [0.25, 0.3) is 0 Å². The van der Waals surface area contributed by atoms with Gasteiger partial charge in [0, 0.05) is 17.8 Å². The van der Waals surface area contributed by atoms with Crippen molar-refractivity contribution in [3.05, 3.63) is 65.5 Å². The van der Waals surface area contributed by atoms with E-state index in [4.69, 9.17) is 0 Å². The van der Waals surface area contributed by atoms with E-state index in [-0.39, 0.29) is 12.0 Å². The van der Waals surface area contributed by atoms with Crippen LogP contribution in [0.1, 0.15) is 23.6 Å². The number of aliphatic hydroxyl groups excluding tert-OH is 1. The lowest BCUT2D eigenvalue weighted by Gasteiger charge is -2.29. The van der Waals surface area contributed by atoms with Crippen LogP contribution in [0.2, 0.25) is 0 Å². The summed E-state index contributed by atoms with van der Waals surface area (Å²) in [4.78, 5) is 4.14. The third-order valence-electron chi connectivity index (χ3n) is 3.46. The van der Waals surface area contributed by atoms with Crippen LogP contribution in [0, 0.1) is 6.92 Å². The van der Waals surface area contributed by atoms with E-state index in [9.17, 15) is 5.11 Å². The highest BCUT2D eigenvalue weighted by atomic mass is 16.3. The van der Waals surface area contributed by atoms with Crippen molar-refractivity contribution in [2.45, 2.75) is 25.7 Å². The summed E-state index contributed by atoms with van der Waals surface area (Å²) >= 11 is 0. The molecule has 1 N–H and O–H groups in total. The van der Waals surface area contributed by atoms with Gasteiger partial charge in [-0.05, 0) is 36.1 Å². The average Bonchev–Trinajstić information content (AvgIpc) is 2.40. The van der Waals surface area contributed by atoms with Gasteiger partial charge < -0.3 is 5.11 Å². The molecule has 0 aliphatic rings. The zero-order valence-electron chi connectivity index (χ0n) is 10.9. The maximum absolute atomic E-state index is 9.80. The summed E-state index contributed by atoms with van der Waals surface area (Å²) in [5.74, 6) is 0. The molecule has 0 amide bonds. The number of aromatic nitrogens is 1. The topological polar surface area (TPSA) is 33.1 Å². The van der Waals surface area contributed by atoms with Gasteiger partial charge in [0.2, 0.25) is 0 Å². The molecule has 2 rings (SSSR count). The molecule has 0 radical (unpaired) electrons. The largest absolute Gasteiger partial charge is 0.395 e. The van der Waals surface area contributed by atoms with E-state index in [2.05, 4.69) is 37.0 Å². The molecule has 0 saturated carbocycles. The van der Waals surface area contributed by atoms with Crippen molar-refractivity contribution < 1.29 is 5.11 Å². The number of nitrogens with zero attached hydrogens (tertiary/aromatic N) is 1. The molecule has 0 bridgehead atoms. The van der Waals surface area contributed by atoms with E-state index >= 15 is 0 Å². The van der Waals surface area contributed by atoms with Crippen LogP contribution >= 0.6 is 0 Å². The Labute approximate surface area is 108 Å². The van der Waals surface area contributed by atoms with Gasteiger partial charge in [0.15, 0.2) is 0 Å². The fourth-order valence-corrected chi connectivity index (χ4v) is 2.44. The second kappa shape index (κ2) is 5.32. The van der Waals surface area contributed by atoms with Gasteiger partial charge in [-0.2, -0.15) is 0 Å². The molecule has 1 atom stereocenters. The maximum Gasteiger partial charge on any atom is 0.0528 e. The van der Waals surface area contributed by atoms with Gasteiger partial charge in [-0.25, -0.2) is 0 Å². The fraction of sp³-hybridized carbons (Fsp3) is 0.312. The second-order valence-electron chi connectivity index (χ2n) is 5.07. The molecule has 0 fully saturated rings. The third kappa shape index (κ3) is 2.59. The van der Waals surface area contributed by atoms with Gasteiger partial charge in [-0.3, -0.25) is 4.98 Å². The number of rotatable bonds is 4. The molecule has 94 valence electrons. The summed E-state index contributed by atoms with van der Waals surface area (Å²) in [7, 11) is 0. The van der Waals surface area contributed by atoms with Crippen molar-refractivity contribution >= 4 is 0 Å². The summed E-state index contributed by atoms with van der Waals surface area (Å²) < 4.78 is 0. The summed E-state index contributed by atoms with van der Waals surface area (Å²) in [5, 5.41) is 9.80. The molecule has 0 spiro atoms. The van der Waals surface area contributed by atoms with Crippen LogP contribution in [-0.2, 0) is 11.8 Å². The minimum atomic E-state index is -0.256. The van der Waals surface area contributed by atoms with Crippen molar-refractivity contribution in [1.82, 2.24) is 4.98 Å². The summed E-state index contributed by atoms with van der Waals surface area (Å²) in [6.45, 7) is 4.32. The van der Waals surface area contributed by atoms with E-state index in [0.29, 0.717) is 0 Å². The molecule has 1 aromatic carbocycles. The molecule has 0 aliphatic heterocycles. The Morgan fingerprint density at radius 3 is 2.56 bits per heavy atom. The number of aliphatic hydroxyl groups is 1. The van der Waals surface area contributed by atoms with Crippen LogP contribution < -0.4 is 0 Å². The zero-order chi connectivity index (χ0) is 13.0. The number of hydrogen-bond acceptors (Lipinski definition) is 2. The Bertz CT molecular complexity index is 510. The molecular weight excluding hydrogens is 222 g/mol.